The second-order valence-corrected chi connectivity index (χ2v) is 5.10. The van der Waals surface area contributed by atoms with E-state index in [1.165, 1.54) is 0 Å². The van der Waals surface area contributed by atoms with Crippen LogP contribution in [-0.4, -0.2) is 21.0 Å². The van der Waals surface area contributed by atoms with Crippen molar-refractivity contribution in [3.63, 3.8) is 0 Å². The van der Waals surface area contributed by atoms with Crippen molar-refractivity contribution in [1.82, 2.24) is 9.97 Å². The van der Waals surface area contributed by atoms with E-state index < -0.39 is 5.97 Å². The zero-order valence-corrected chi connectivity index (χ0v) is 10.9. The number of anilines is 2. The fraction of sp³-hybridized carbons (Fsp3) is 0.0769. The first-order valence-corrected chi connectivity index (χ1v) is 6.55. The normalized spacial score (nSPS) is 10.8. The Kier molecular flexibility index (Phi) is 2.72. The lowest BCUT2D eigenvalue weighted by atomic mass is 10.2. The van der Waals surface area contributed by atoms with Gasteiger partial charge in [0.05, 0.1) is 21.6 Å². The Hall–Kier alpha value is -2.34. The van der Waals surface area contributed by atoms with Gasteiger partial charge in [-0.05, 0) is 42.1 Å². The predicted molar refractivity (Wildman–Crippen MR) is 75.4 cm³/mol. The third kappa shape index (κ3) is 2.17. The smallest absolute Gasteiger partial charge is 0.335 e. The molecule has 0 fully saturated rings. The highest BCUT2D eigenvalue weighted by molar-refractivity contribution is 7.14. The Morgan fingerprint density at radius 2 is 2.26 bits per heavy atom. The minimum Gasteiger partial charge on any atom is -0.478 e. The molecule has 0 unspecified atom stereocenters. The lowest BCUT2D eigenvalue weighted by Crippen LogP contribution is -1.94. The number of aromatic amines is 1. The summed E-state index contributed by atoms with van der Waals surface area (Å²) in [7, 11) is 0. The summed E-state index contributed by atoms with van der Waals surface area (Å²) in [6.45, 7) is 2.02. The monoisotopic (exact) mass is 273 g/mol. The van der Waals surface area contributed by atoms with Crippen molar-refractivity contribution in [2.75, 3.05) is 5.32 Å². The Bertz CT molecular complexity index is 760. The molecule has 1 aromatic carbocycles. The van der Waals surface area contributed by atoms with Crippen LogP contribution in [0.15, 0.2) is 29.6 Å². The lowest BCUT2D eigenvalue weighted by molar-refractivity contribution is 0.0697. The Morgan fingerprint density at radius 1 is 1.42 bits per heavy atom. The molecule has 2 aromatic heterocycles. The molecule has 0 aliphatic heterocycles. The first kappa shape index (κ1) is 11.7. The fourth-order valence-corrected chi connectivity index (χ4v) is 2.63. The Labute approximate surface area is 112 Å². The molecular weight excluding hydrogens is 262 g/mol. The van der Waals surface area contributed by atoms with Gasteiger partial charge in [-0.15, -0.1) is 11.3 Å². The average molecular weight is 273 g/mol. The molecule has 0 aliphatic carbocycles. The number of rotatable bonds is 3. The van der Waals surface area contributed by atoms with Gasteiger partial charge in [0.15, 0.2) is 0 Å². The maximum atomic E-state index is 10.9. The van der Waals surface area contributed by atoms with Gasteiger partial charge in [0, 0.05) is 0 Å². The number of fused-ring (bicyclic) bond motifs is 1. The highest BCUT2D eigenvalue weighted by atomic mass is 32.1. The highest BCUT2D eigenvalue weighted by Crippen LogP contribution is 2.26. The third-order valence-corrected chi connectivity index (χ3v) is 3.75. The number of carboxylic acid groups (broad SMARTS) is 1. The maximum absolute atomic E-state index is 10.9. The summed E-state index contributed by atoms with van der Waals surface area (Å²) in [5, 5.41) is 15.2. The summed E-state index contributed by atoms with van der Waals surface area (Å²) in [4.78, 5) is 18.4. The van der Waals surface area contributed by atoms with Gasteiger partial charge in [-0.25, -0.2) is 9.78 Å². The molecule has 2 heterocycles. The summed E-state index contributed by atoms with van der Waals surface area (Å²) in [6.07, 6.45) is 0. The van der Waals surface area contributed by atoms with Gasteiger partial charge in [-0.3, -0.25) is 0 Å². The van der Waals surface area contributed by atoms with Crippen LogP contribution >= 0.6 is 11.3 Å². The first-order valence-electron chi connectivity index (χ1n) is 5.67. The van der Waals surface area contributed by atoms with Gasteiger partial charge in [0.2, 0.25) is 5.95 Å². The highest BCUT2D eigenvalue weighted by Gasteiger charge is 2.08. The number of aromatic carboxylic acids is 1. The molecule has 0 spiro atoms. The lowest BCUT2D eigenvalue weighted by Gasteiger charge is -1.99. The summed E-state index contributed by atoms with van der Waals surface area (Å²) >= 11 is 1.60. The van der Waals surface area contributed by atoms with Crippen LogP contribution in [0.2, 0.25) is 0 Å². The number of hydrogen-bond donors (Lipinski definition) is 3. The number of hydrogen-bond acceptors (Lipinski definition) is 4. The number of nitrogens with one attached hydrogen (secondary N) is 2. The molecule has 0 bridgehead atoms. The fourth-order valence-electron chi connectivity index (χ4n) is 1.81. The number of carbonyl (C=O) groups is 1. The molecule has 0 aliphatic rings. The largest absolute Gasteiger partial charge is 0.478 e. The van der Waals surface area contributed by atoms with Crippen LogP contribution in [0.4, 0.5) is 10.9 Å². The summed E-state index contributed by atoms with van der Waals surface area (Å²) in [5.74, 6) is -0.330. The molecule has 3 aromatic rings. The third-order valence-electron chi connectivity index (χ3n) is 2.82. The van der Waals surface area contributed by atoms with Gasteiger partial charge in [0.1, 0.15) is 0 Å². The topological polar surface area (TPSA) is 78.0 Å². The van der Waals surface area contributed by atoms with Gasteiger partial charge < -0.3 is 15.4 Å². The zero-order valence-electron chi connectivity index (χ0n) is 10.1. The number of aromatic nitrogens is 2. The van der Waals surface area contributed by atoms with E-state index in [1.807, 2.05) is 18.4 Å². The SMILES string of the molecule is Cc1ccsc1Nc1nc2ccc(C(=O)O)cc2[nH]1. The number of aryl methyl sites for hydroxylation is 1. The van der Waals surface area contributed by atoms with Gasteiger partial charge in [-0.2, -0.15) is 0 Å². The van der Waals surface area contributed by atoms with E-state index in [0.29, 0.717) is 11.5 Å². The Balaban J connectivity index is 1.97. The van der Waals surface area contributed by atoms with E-state index >= 15 is 0 Å². The van der Waals surface area contributed by atoms with E-state index in [4.69, 9.17) is 5.11 Å². The number of H-pyrrole nitrogens is 1. The molecule has 5 nitrogen and oxygen atoms in total. The molecule has 3 rings (SSSR count). The molecule has 96 valence electrons. The zero-order chi connectivity index (χ0) is 13.4. The Morgan fingerprint density at radius 3 is 2.95 bits per heavy atom. The minimum absolute atomic E-state index is 0.245. The van der Waals surface area contributed by atoms with Crippen LogP contribution in [0.5, 0.6) is 0 Å². The van der Waals surface area contributed by atoms with Crippen molar-refractivity contribution < 1.29 is 9.90 Å². The minimum atomic E-state index is -0.944. The molecule has 0 radical (unpaired) electrons. The second kappa shape index (κ2) is 4.40. The van der Waals surface area contributed by atoms with Crippen LogP contribution in [0.3, 0.4) is 0 Å². The number of nitrogens with zero attached hydrogens (tertiary/aromatic N) is 1. The van der Waals surface area contributed by atoms with Crippen molar-refractivity contribution in [3.8, 4) is 0 Å². The number of benzene rings is 1. The van der Waals surface area contributed by atoms with E-state index in [2.05, 4.69) is 15.3 Å². The standard InChI is InChI=1S/C13H11N3O2S/c1-7-4-5-19-11(7)16-13-14-9-3-2-8(12(17)18)6-10(9)15-13/h2-6H,1H3,(H,17,18)(H2,14,15,16). The molecule has 0 saturated heterocycles. The quantitative estimate of drug-likeness (QED) is 0.683. The molecule has 0 saturated carbocycles. The van der Waals surface area contributed by atoms with E-state index in [1.54, 1.807) is 29.5 Å². The summed E-state index contributed by atoms with van der Waals surface area (Å²) < 4.78 is 0. The van der Waals surface area contributed by atoms with Gasteiger partial charge in [-0.1, -0.05) is 0 Å². The van der Waals surface area contributed by atoms with E-state index in [-0.39, 0.29) is 5.56 Å². The second-order valence-electron chi connectivity index (χ2n) is 4.18. The molecule has 19 heavy (non-hydrogen) atoms. The van der Waals surface area contributed by atoms with Crippen LogP contribution in [0, 0.1) is 6.92 Å². The predicted octanol–water partition coefficient (Wildman–Crippen LogP) is 3.37. The number of thiophene rings is 1. The number of imidazole rings is 1. The molecule has 3 N–H and O–H groups in total. The molecular formula is C13H11N3O2S. The molecule has 0 amide bonds. The van der Waals surface area contributed by atoms with Crippen molar-refractivity contribution >= 4 is 39.3 Å². The van der Waals surface area contributed by atoms with Crippen molar-refractivity contribution in [1.29, 1.82) is 0 Å². The van der Waals surface area contributed by atoms with Gasteiger partial charge >= 0.3 is 5.97 Å². The van der Waals surface area contributed by atoms with Crippen LogP contribution in [-0.2, 0) is 0 Å². The van der Waals surface area contributed by atoms with Crippen LogP contribution in [0.1, 0.15) is 15.9 Å². The van der Waals surface area contributed by atoms with E-state index in [9.17, 15) is 4.79 Å². The number of carboxylic acids is 1. The summed E-state index contributed by atoms with van der Waals surface area (Å²) in [5.41, 5.74) is 2.84. The van der Waals surface area contributed by atoms with Crippen LogP contribution < -0.4 is 5.32 Å². The summed E-state index contributed by atoms with van der Waals surface area (Å²) in [6, 6.07) is 6.85. The van der Waals surface area contributed by atoms with E-state index in [0.717, 1.165) is 16.1 Å². The van der Waals surface area contributed by atoms with Crippen LogP contribution in [0.25, 0.3) is 11.0 Å². The van der Waals surface area contributed by atoms with Crippen molar-refractivity contribution in [3.05, 3.63) is 40.8 Å². The molecule has 0 atom stereocenters. The molecule has 6 heteroatoms. The van der Waals surface area contributed by atoms with Gasteiger partial charge in [0.25, 0.3) is 0 Å². The average Bonchev–Trinajstić information content (AvgIpc) is 2.95. The van der Waals surface area contributed by atoms with Crippen molar-refractivity contribution in [2.45, 2.75) is 6.92 Å². The van der Waals surface area contributed by atoms with Crippen molar-refractivity contribution in [2.24, 2.45) is 0 Å². The maximum Gasteiger partial charge on any atom is 0.335 e. The first-order chi connectivity index (χ1) is 9.13.